The van der Waals surface area contributed by atoms with E-state index in [9.17, 15) is 13.9 Å². The van der Waals surface area contributed by atoms with Gasteiger partial charge in [-0.15, -0.1) is 23.1 Å². The molecule has 0 bridgehead atoms. The quantitative estimate of drug-likeness (QED) is 0.842. The van der Waals surface area contributed by atoms with Crippen molar-refractivity contribution in [3.63, 3.8) is 0 Å². The highest BCUT2D eigenvalue weighted by atomic mass is 32.2. The van der Waals surface area contributed by atoms with Crippen molar-refractivity contribution in [2.75, 3.05) is 5.75 Å². The Bertz CT molecular complexity index is 611. The molecule has 0 spiro atoms. The smallest absolute Gasteiger partial charge is 0.159 e. The molecule has 1 aromatic heterocycles. The number of aliphatic hydroxyl groups is 1. The van der Waals surface area contributed by atoms with E-state index in [1.54, 1.807) is 11.7 Å². The fourth-order valence-corrected chi connectivity index (χ4v) is 4.17. The number of hydrogen-bond acceptors (Lipinski definition) is 4. The van der Waals surface area contributed by atoms with Gasteiger partial charge in [-0.25, -0.2) is 8.78 Å². The molecule has 0 saturated heterocycles. The molecule has 2 aromatic rings. The first-order valence-electron chi connectivity index (χ1n) is 6.43. The fourth-order valence-electron chi connectivity index (χ4n) is 1.83. The van der Waals surface area contributed by atoms with Crippen molar-refractivity contribution in [3.05, 3.63) is 46.4 Å². The third-order valence-electron chi connectivity index (χ3n) is 3.42. The maximum atomic E-state index is 13.2. The van der Waals surface area contributed by atoms with Crippen LogP contribution in [0.25, 0.3) is 0 Å². The SMILES string of the molecule is CC(C)(C)C(O)(CSc1ccc(F)c(F)c1)c1cncs1. The Morgan fingerprint density at radius 3 is 2.48 bits per heavy atom. The molecule has 0 aliphatic rings. The van der Waals surface area contributed by atoms with Crippen LogP contribution in [0.4, 0.5) is 8.78 Å². The van der Waals surface area contributed by atoms with E-state index >= 15 is 0 Å². The van der Waals surface area contributed by atoms with Gasteiger partial charge < -0.3 is 5.11 Å². The minimum atomic E-state index is -1.09. The second-order valence-electron chi connectivity index (χ2n) is 5.84. The lowest BCUT2D eigenvalue weighted by Gasteiger charge is -2.39. The molecule has 0 aliphatic heterocycles. The molecule has 0 saturated carbocycles. The molecule has 2 nitrogen and oxygen atoms in total. The summed E-state index contributed by atoms with van der Waals surface area (Å²) < 4.78 is 26.2. The predicted molar refractivity (Wildman–Crippen MR) is 82.5 cm³/mol. The van der Waals surface area contributed by atoms with Gasteiger partial charge in [0, 0.05) is 16.8 Å². The number of hydrogen-bond donors (Lipinski definition) is 1. The molecular formula is C15H17F2NOS2. The summed E-state index contributed by atoms with van der Waals surface area (Å²) in [7, 11) is 0. The van der Waals surface area contributed by atoms with Gasteiger partial charge in [-0.3, -0.25) is 4.98 Å². The highest BCUT2D eigenvalue weighted by molar-refractivity contribution is 7.99. The number of rotatable bonds is 4. The molecule has 2 rings (SSSR count). The van der Waals surface area contributed by atoms with Crippen molar-refractivity contribution >= 4 is 23.1 Å². The summed E-state index contributed by atoms with van der Waals surface area (Å²) in [6.07, 6.45) is 1.65. The molecule has 1 aromatic carbocycles. The van der Waals surface area contributed by atoms with Crippen LogP contribution in [0.2, 0.25) is 0 Å². The Labute approximate surface area is 131 Å². The Balaban J connectivity index is 2.23. The first kappa shape index (κ1) is 16.4. The molecular weight excluding hydrogens is 312 g/mol. The summed E-state index contributed by atoms with van der Waals surface area (Å²) in [4.78, 5) is 5.38. The maximum Gasteiger partial charge on any atom is 0.159 e. The zero-order chi connectivity index (χ0) is 15.7. The number of thiazole rings is 1. The van der Waals surface area contributed by atoms with Crippen molar-refractivity contribution in [2.24, 2.45) is 5.41 Å². The minimum Gasteiger partial charge on any atom is -0.383 e. The maximum absolute atomic E-state index is 13.2. The topological polar surface area (TPSA) is 33.1 Å². The Morgan fingerprint density at radius 1 is 1.24 bits per heavy atom. The molecule has 1 heterocycles. The summed E-state index contributed by atoms with van der Waals surface area (Å²) in [5.41, 5.74) is 0.170. The normalized spacial score (nSPS) is 15.0. The number of aromatic nitrogens is 1. The molecule has 0 fully saturated rings. The summed E-state index contributed by atoms with van der Waals surface area (Å²) in [6, 6.07) is 3.76. The zero-order valence-corrected chi connectivity index (χ0v) is 13.7. The van der Waals surface area contributed by atoms with Gasteiger partial charge in [0.1, 0.15) is 5.60 Å². The number of benzene rings is 1. The summed E-state index contributed by atoms with van der Waals surface area (Å²) in [5.74, 6) is -1.41. The van der Waals surface area contributed by atoms with Crippen LogP contribution >= 0.6 is 23.1 Å². The van der Waals surface area contributed by atoms with Crippen molar-refractivity contribution in [3.8, 4) is 0 Å². The van der Waals surface area contributed by atoms with Crippen molar-refractivity contribution in [2.45, 2.75) is 31.3 Å². The summed E-state index contributed by atoms with van der Waals surface area (Å²) in [6.45, 7) is 5.83. The molecule has 0 radical (unpaired) electrons. The van der Waals surface area contributed by atoms with E-state index in [-0.39, 0.29) is 0 Å². The van der Waals surface area contributed by atoms with Gasteiger partial charge in [0.05, 0.1) is 10.4 Å². The van der Waals surface area contributed by atoms with Crippen LogP contribution in [0.5, 0.6) is 0 Å². The van der Waals surface area contributed by atoms with Crippen molar-refractivity contribution in [1.82, 2.24) is 4.98 Å². The van der Waals surface area contributed by atoms with Crippen LogP contribution in [-0.2, 0) is 5.60 Å². The average Bonchev–Trinajstić information content (AvgIpc) is 2.93. The van der Waals surface area contributed by atoms with Crippen LogP contribution in [0.1, 0.15) is 25.6 Å². The third-order valence-corrected chi connectivity index (χ3v) is 5.49. The fraction of sp³-hybridized carbons (Fsp3) is 0.400. The Morgan fingerprint density at radius 2 is 1.95 bits per heavy atom. The minimum absolute atomic E-state index is 0.337. The van der Waals surface area contributed by atoms with Gasteiger partial charge in [0.2, 0.25) is 0 Å². The highest BCUT2D eigenvalue weighted by Crippen LogP contribution is 2.44. The van der Waals surface area contributed by atoms with Gasteiger partial charge in [-0.2, -0.15) is 0 Å². The molecule has 114 valence electrons. The second-order valence-corrected chi connectivity index (χ2v) is 7.78. The lowest BCUT2D eigenvalue weighted by Crippen LogP contribution is -2.41. The van der Waals surface area contributed by atoms with Gasteiger partial charge in [-0.1, -0.05) is 20.8 Å². The lowest BCUT2D eigenvalue weighted by atomic mass is 9.77. The predicted octanol–water partition coefficient (Wildman–Crippen LogP) is 4.45. The van der Waals surface area contributed by atoms with Gasteiger partial charge in [0.25, 0.3) is 0 Å². The van der Waals surface area contributed by atoms with E-state index in [1.807, 2.05) is 20.8 Å². The molecule has 1 atom stereocenters. The third kappa shape index (κ3) is 3.44. The van der Waals surface area contributed by atoms with Crippen LogP contribution in [0.15, 0.2) is 34.8 Å². The average molecular weight is 329 g/mol. The first-order chi connectivity index (χ1) is 9.74. The van der Waals surface area contributed by atoms with Gasteiger partial charge >= 0.3 is 0 Å². The van der Waals surface area contributed by atoms with E-state index in [2.05, 4.69) is 4.98 Å². The Kier molecular flexibility index (Phi) is 4.70. The van der Waals surface area contributed by atoms with Gasteiger partial charge in [-0.05, 0) is 23.6 Å². The van der Waals surface area contributed by atoms with Crippen LogP contribution < -0.4 is 0 Å². The molecule has 1 N–H and O–H groups in total. The lowest BCUT2D eigenvalue weighted by molar-refractivity contribution is -0.0392. The first-order valence-corrected chi connectivity index (χ1v) is 8.30. The van der Waals surface area contributed by atoms with Crippen molar-refractivity contribution in [1.29, 1.82) is 0 Å². The molecule has 0 amide bonds. The highest BCUT2D eigenvalue weighted by Gasteiger charge is 2.42. The standard InChI is InChI=1S/C15H17F2NOS2/c1-14(2,3)15(19,13-7-18-9-21-13)8-20-10-4-5-11(16)12(17)6-10/h4-7,9,19H,8H2,1-3H3. The van der Waals surface area contributed by atoms with Crippen LogP contribution in [0, 0.1) is 17.0 Å². The van der Waals surface area contributed by atoms with E-state index < -0.39 is 22.7 Å². The second kappa shape index (κ2) is 6.02. The van der Waals surface area contributed by atoms with E-state index in [4.69, 9.17) is 0 Å². The molecule has 1 unspecified atom stereocenters. The van der Waals surface area contributed by atoms with E-state index in [0.717, 1.165) is 17.0 Å². The number of nitrogens with zero attached hydrogens (tertiary/aromatic N) is 1. The van der Waals surface area contributed by atoms with Crippen LogP contribution in [0.3, 0.4) is 0 Å². The van der Waals surface area contributed by atoms with Gasteiger partial charge in [0.15, 0.2) is 11.6 Å². The van der Waals surface area contributed by atoms with E-state index in [0.29, 0.717) is 10.6 Å². The van der Waals surface area contributed by atoms with E-state index in [1.165, 1.54) is 29.2 Å². The summed E-state index contributed by atoms with van der Waals surface area (Å²) >= 11 is 2.69. The number of halogens is 2. The molecule has 21 heavy (non-hydrogen) atoms. The molecule has 6 heteroatoms. The summed E-state index contributed by atoms with van der Waals surface area (Å²) in [5, 5.41) is 11.1. The zero-order valence-electron chi connectivity index (χ0n) is 12.1. The van der Waals surface area contributed by atoms with Crippen molar-refractivity contribution < 1.29 is 13.9 Å². The van der Waals surface area contributed by atoms with Crippen LogP contribution in [-0.4, -0.2) is 15.8 Å². The Hall–Kier alpha value is -0.980. The largest absolute Gasteiger partial charge is 0.383 e. The number of thioether (sulfide) groups is 1. The monoisotopic (exact) mass is 329 g/mol. The molecule has 0 aliphatic carbocycles.